The number of alkyl halides is 3. The minimum atomic E-state index is -4.83. The minimum absolute atomic E-state index is 0.0199. The summed E-state index contributed by atoms with van der Waals surface area (Å²) in [6, 6.07) is 9.76. The van der Waals surface area contributed by atoms with Gasteiger partial charge < -0.3 is 5.32 Å². The maximum Gasteiger partial charge on any atom is 0.416 e. The van der Waals surface area contributed by atoms with E-state index in [0.717, 1.165) is 6.07 Å². The predicted molar refractivity (Wildman–Crippen MR) is 88.5 cm³/mol. The number of hydrogen-bond acceptors (Lipinski definition) is 3. The second kappa shape index (κ2) is 7.14. The number of benzene rings is 2. The van der Waals surface area contributed by atoms with Crippen molar-refractivity contribution in [3.63, 3.8) is 0 Å². The van der Waals surface area contributed by atoms with Crippen LogP contribution < -0.4 is 5.32 Å². The molecule has 2 aromatic carbocycles. The summed E-state index contributed by atoms with van der Waals surface area (Å²) < 4.78 is 71.0. The van der Waals surface area contributed by atoms with Gasteiger partial charge >= 0.3 is 6.18 Å². The molecule has 1 amide bonds. The Hall–Kier alpha value is -1.91. The Morgan fingerprint density at radius 1 is 1.12 bits per heavy atom. The highest BCUT2D eigenvalue weighted by molar-refractivity contribution is 9.10. The molecule has 0 spiro atoms. The Morgan fingerprint density at radius 2 is 1.72 bits per heavy atom. The second-order valence-corrected chi connectivity index (χ2v) is 7.44. The number of rotatable bonds is 4. The highest BCUT2D eigenvalue weighted by Gasteiger charge is 2.34. The third kappa shape index (κ3) is 5.03. The molecule has 0 aliphatic rings. The fourth-order valence-electron chi connectivity index (χ4n) is 2.12. The molecular formula is C15H11BrF3NO4S. The first-order valence-electron chi connectivity index (χ1n) is 6.68. The van der Waals surface area contributed by atoms with E-state index in [0.29, 0.717) is 6.07 Å². The van der Waals surface area contributed by atoms with Crippen LogP contribution in [0.4, 0.5) is 18.9 Å². The Labute approximate surface area is 149 Å². The van der Waals surface area contributed by atoms with Crippen LogP contribution in [0.1, 0.15) is 16.4 Å². The molecule has 25 heavy (non-hydrogen) atoms. The van der Waals surface area contributed by atoms with E-state index in [2.05, 4.69) is 21.2 Å². The molecular weight excluding hydrogens is 427 g/mol. The van der Waals surface area contributed by atoms with Gasteiger partial charge in [-0.3, -0.25) is 9.35 Å². The van der Waals surface area contributed by atoms with Crippen molar-refractivity contribution in [3.8, 4) is 0 Å². The minimum Gasteiger partial charge on any atom is -0.325 e. The largest absolute Gasteiger partial charge is 0.416 e. The summed E-state index contributed by atoms with van der Waals surface area (Å²) in [5.74, 6) is -1.18. The van der Waals surface area contributed by atoms with E-state index in [9.17, 15) is 30.9 Å². The van der Waals surface area contributed by atoms with Crippen molar-refractivity contribution in [2.45, 2.75) is 11.4 Å². The van der Waals surface area contributed by atoms with E-state index >= 15 is 0 Å². The van der Waals surface area contributed by atoms with Crippen LogP contribution in [0.2, 0.25) is 0 Å². The molecule has 0 aromatic heterocycles. The van der Waals surface area contributed by atoms with Crippen molar-refractivity contribution in [3.05, 3.63) is 64.1 Å². The van der Waals surface area contributed by atoms with Gasteiger partial charge in [-0.15, -0.1) is 0 Å². The topological polar surface area (TPSA) is 83.5 Å². The molecule has 0 saturated carbocycles. The lowest BCUT2D eigenvalue weighted by Crippen LogP contribution is -2.27. The molecule has 2 aromatic rings. The molecule has 0 bridgehead atoms. The van der Waals surface area contributed by atoms with Gasteiger partial charge in [-0.2, -0.15) is 21.6 Å². The number of nitrogens with one attached hydrogen (secondary N) is 1. The van der Waals surface area contributed by atoms with E-state index < -0.39 is 33.0 Å². The zero-order valence-electron chi connectivity index (χ0n) is 12.3. The number of anilines is 1. The average molecular weight is 438 g/mol. The monoisotopic (exact) mass is 437 g/mol. The van der Waals surface area contributed by atoms with Gasteiger partial charge in [0.05, 0.1) is 5.56 Å². The number of carbonyl (C=O) groups excluding carboxylic acids is 1. The summed E-state index contributed by atoms with van der Waals surface area (Å²) in [5.41, 5.74) is -1.31. The van der Waals surface area contributed by atoms with Crippen LogP contribution in [0, 0.1) is 0 Å². The van der Waals surface area contributed by atoms with E-state index in [1.807, 2.05) is 0 Å². The second-order valence-electron chi connectivity index (χ2n) is 5.02. The van der Waals surface area contributed by atoms with Crippen LogP contribution >= 0.6 is 15.9 Å². The molecule has 0 fully saturated rings. The quantitative estimate of drug-likeness (QED) is 0.707. The van der Waals surface area contributed by atoms with Crippen molar-refractivity contribution < 1.29 is 30.9 Å². The van der Waals surface area contributed by atoms with Gasteiger partial charge in [0.25, 0.3) is 10.1 Å². The molecule has 0 heterocycles. The molecule has 134 valence electrons. The molecule has 2 N–H and O–H groups in total. The van der Waals surface area contributed by atoms with Crippen LogP contribution in [0.15, 0.2) is 53.0 Å². The predicted octanol–water partition coefficient (Wildman–Crippen LogP) is 4.04. The Kier molecular flexibility index (Phi) is 5.55. The summed E-state index contributed by atoms with van der Waals surface area (Å²) in [5, 5.41) is 0.122. The zero-order valence-corrected chi connectivity index (χ0v) is 14.7. The molecule has 10 heteroatoms. The number of halogens is 4. The first kappa shape index (κ1) is 19.4. The highest BCUT2D eigenvalue weighted by Crippen LogP contribution is 2.34. The van der Waals surface area contributed by atoms with Gasteiger partial charge in [0.1, 0.15) is 0 Å². The van der Waals surface area contributed by atoms with Gasteiger partial charge in [-0.05, 0) is 23.8 Å². The standard InChI is InChI=1S/C15H11BrF3NO4S/c16-11-6-10(15(17,18)19)7-12(8-11)20-14(21)13(25(22,23)24)9-4-2-1-3-5-9/h1-8,13H,(H,20,21)(H,22,23,24). The lowest BCUT2D eigenvalue weighted by molar-refractivity contribution is -0.137. The fraction of sp³-hybridized carbons (Fsp3) is 0.133. The normalized spacial score (nSPS) is 13.3. The Bertz CT molecular complexity index is 885. The maximum absolute atomic E-state index is 12.8. The van der Waals surface area contributed by atoms with Crippen molar-refractivity contribution in [2.24, 2.45) is 0 Å². The molecule has 5 nitrogen and oxygen atoms in total. The van der Waals surface area contributed by atoms with Crippen LogP contribution in [0.3, 0.4) is 0 Å². The highest BCUT2D eigenvalue weighted by atomic mass is 79.9. The number of hydrogen-bond donors (Lipinski definition) is 2. The van der Waals surface area contributed by atoms with Crippen molar-refractivity contribution in [1.29, 1.82) is 0 Å². The van der Waals surface area contributed by atoms with Crippen molar-refractivity contribution >= 4 is 37.6 Å². The lowest BCUT2D eigenvalue weighted by Gasteiger charge is -2.16. The van der Waals surface area contributed by atoms with E-state index in [1.54, 1.807) is 6.07 Å². The van der Waals surface area contributed by atoms with Gasteiger partial charge in [0.15, 0.2) is 5.25 Å². The lowest BCUT2D eigenvalue weighted by atomic mass is 10.1. The molecule has 1 atom stereocenters. The molecule has 1 unspecified atom stereocenters. The summed E-state index contributed by atoms with van der Waals surface area (Å²) in [7, 11) is -4.83. The van der Waals surface area contributed by atoms with Gasteiger partial charge in [-0.1, -0.05) is 46.3 Å². The van der Waals surface area contributed by atoms with Crippen LogP contribution in [-0.2, 0) is 21.1 Å². The van der Waals surface area contributed by atoms with E-state index in [-0.39, 0.29) is 15.7 Å². The van der Waals surface area contributed by atoms with Crippen LogP contribution in [0.25, 0.3) is 0 Å². The van der Waals surface area contributed by atoms with Crippen LogP contribution in [-0.4, -0.2) is 18.9 Å². The Morgan fingerprint density at radius 3 is 2.24 bits per heavy atom. The first-order chi connectivity index (χ1) is 11.5. The number of amides is 1. The van der Waals surface area contributed by atoms with Crippen LogP contribution in [0.5, 0.6) is 0 Å². The zero-order chi connectivity index (χ0) is 18.8. The average Bonchev–Trinajstić information content (AvgIpc) is 2.45. The summed E-state index contributed by atoms with van der Waals surface area (Å²) >= 11 is 2.90. The molecule has 0 aliphatic carbocycles. The summed E-state index contributed by atoms with van der Waals surface area (Å²) in [6.07, 6.45) is -4.65. The van der Waals surface area contributed by atoms with Crippen molar-refractivity contribution in [1.82, 2.24) is 0 Å². The summed E-state index contributed by atoms with van der Waals surface area (Å²) in [4.78, 5) is 12.3. The van der Waals surface area contributed by atoms with Crippen molar-refractivity contribution in [2.75, 3.05) is 5.32 Å². The van der Waals surface area contributed by atoms with E-state index in [4.69, 9.17) is 0 Å². The fourth-order valence-corrected chi connectivity index (χ4v) is 3.44. The molecule has 0 aliphatic heterocycles. The third-order valence-electron chi connectivity index (χ3n) is 3.13. The van der Waals surface area contributed by atoms with E-state index in [1.165, 1.54) is 30.3 Å². The Balaban J connectivity index is 2.39. The summed E-state index contributed by atoms with van der Waals surface area (Å²) in [6.45, 7) is 0. The molecule has 0 saturated heterocycles. The van der Waals surface area contributed by atoms with Gasteiger partial charge in [0.2, 0.25) is 5.91 Å². The maximum atomic E-state index is 12.8. The SMILES string of the molecule is O=C(Nc1cc(Br)cc(C(F)(F)F)c1)C(c1ccccc1)S(=O)(=O)O. The molecule has 0 radical (unpaired) electrons. The third-order valence-corrected chi connectivity index (χ3v) is 4.67. The number of carbonyl (C=O) groups is 1. The van der Waals surface area contributed by atoms with Gasteiger partial charge in [0, 0.05) is 10.2 Å². The van der Waals surface area contributed by atoms with Gasteiger partial charge in [-0.25, -0.2) is 0 Å². The molecule has 2 rings (SSSR count). The smallest absolute Gasteiger partial charge is 0.325 e. The first-order valence-corrected chi connectivity index (χ1v) is 8.98.